The molecule has 1 aliphatic rings. The molecule has 1 saturated heterocycles. The summed E-state index contributed by atoms with van der Waals surface area (Å²) in [5, 5.41) is 6.99. The number of benzene rings is 1. The smallest absolute Gasteiger partial charge is 0.290 e. The molecule has 7 nitrogen and oxygen atoms in total. The van der Waals surface area contributed by atoms with Crippen molar-refractivity contribution in [2.75, 3.05) is 19.8 Å². The first-order valence-corrected chi connectivity index (χ1v) is 7.23. The van der Waals surface area contributed by atoms with Gasteiger partial charge in [0.1, 0.15) is 6.33 Å². The number of para-hydroxylation sites is 1. The van der Waals surface area contributed by atoms with E-state index in [9.17, 15) is 4.79 Å². The number of aromatic nitrogens is 3. The van der Waals surface area contributed by atoms with Gasteiger partial charge in [-0.15, -0.1) is 5.10 Å². The lowest BCUT2D eigenvalue weighted by Gasteiger charge is -2.08. The zero-order valence-electron chi connectivity index (χ0n) is 12.4. The van der Waals surface area contributed by atoms with Crippen LogP contribution >= 0.6 is 0 Å². The molecule has 1 aromatic heterocycles. The SMILES string of the molecule is Cc1ccccc1-n1cnc(C(=O)NCCC2OCCO2)n1. The summed E-state index contributed by atoms with van der Waals surface area (Å²) in [6.07, 6.45) is 1.93. The van der Waals surface area contributed by atoms with Crippen LogP contribution in [-0.4, -0.2) is 46.7 Å². The topological polar surface area (TPSA) is 78.3 Å². The Morgan fingerprint density at radius 1 is 1.36 bits per heavy atom. The van der Waals surface area contributed by atoms with Crippen LogP contribution in [0.4, 0.5) is 0 Å². The third-order valence-electron chi connectivity index (χ3n) is 3.41. The van der Waals surface area contributed by atoms with E-state index >= 15 is 0 Å². The van der Waals surface area contributed by atoms with E-state index in [0.717, 1.165) is 11.3 Å². The molecule has 0 aliphatic carbocycles. The van der Waals surface area contributed by atoms with Crippen LogP contribution in [0.25, 0.3) is 5.69 Å². The summed E-state index contributed by atoms with van der Waals surface area (Å²) in [7, 11) is 0. The van der Waals surface area contributed by atoms with Gasteiger partial charge in [-0.25, -0.2) is 9.67 Å². The van der Waals surface area contributed by atoms with Crippen LogP contribution in [0.3, 0.4) is 0 Å². The van der Waals surface area contributed by atoms with Crippen molar-refractivity contribution in [3.8, 4) is 5.69 Å². The molecule has 0 atom stereocenters. The highest BCUT2D eigenvalue weighted by Gasteiger charge is 2.17. The summed E-state index contributed by atoms with van der Waals surface area (Å²) >= 11 is 0. The van der Waals surface area contributed by atoms with Crippen LogP contribution in [0, 0.1) is 6.92 Å². The van der Waals surface area contributed by atoms with Gasteiger partial charge >= 0.3 is 0 Å². The number of nitrogens with one attached hydrogen (secondary N) is 1. The first kappa shape index (κ1) is 14.7. The summed E-state index contributed by atoms with van der Waals surface area (Å²) in [6.45, 7) is 3.67. The molecule has 1 N–H and O–H groups in total. The normalized spacial score (nSPS) is 15.1. The number of carbonyl (C=O) groups is 1. The highest BCUT2D eigenvalue weighted by molar-refractivity contribution is 5.90. The lowest BCUT2D eigenvalue weighted by Crippen LogP contribution is -2.28. The summed E-state index contributed by atoms with van der Waals surface area (Å²) in [5.74, 6) is -0.151. The zero-order chi connectivity index (χ0) is 15.4. The second-order valence-corrected chi connectivity index (χ2v) is 5.01. The molecule has 1 fully saturated rings. The highest BCUT2D eigenvalue weighted by Crippen LogP contribution is 2.11. The molecule has 1 aliphatic heterocycles. The molecular weight excluding hydrogens is 284 g/mol. The average Bonchev–Trinajstić information content (AvgIpc) is 3.19. The Morgan fingerprint density at radius 3 is 2.91 bits per heavy atom. The number of hydrogen-bond donors (Lipinski definition) is 1. The quantitative estimate of drug-likeness (QED) is 0.894. The van der Waals surface area contributed by atoms with E-state index in [-0.39, 0.29) is 18.0 Å². The second kappa shape index (κ2) is 6.67. The van der Waals surface area contributed by atoms with Crippen molar-refractivity contribution in [2.24, 2.45) is 0 Å². The van der Waals surface area contributed by atoms with Crippen LogP contribution in [0.15, 0.2) is 30.6 Å². The van der Waals surface area contributed by atoms with Gasteiger partial charge in [0.25, 0.3) is 5.91 Å². The number of ether oxygens (including phenoxy) is 2. The van der Waals surface area contributed by atoms with E-state index < -0.39 is 0 Å². The molecule has 2 aromatic rings. The molecule has 2 heterocycles. The molecule has 3 rings (SSSR count). The van der Waals surface area contributed by atoms with Crippen molar-refractivity contribution < 1.29 is 14.3 Å². The second-order valence-electron chi connectivity index (χ2n) is 5.01. The Labute approximate surface area is 128 Å². The van der Waals surface area contributed by atoms with Gasteiger partial charge in [0.2, 0.25) is 5.82 Å². The monoisotopic (exact) mass is 302 g/mol. The van der Waals surface area contributed by atoms with Crippen molar-refractivity contribution in [1.82, 2.24) is 20.1 Å². The van der Waals surface area contributed by atoms with E-state index in [4.69, 9.17) is 9.47 Å². The number of amides is 1. The fourth-order valence-corrected chi connectivity index (χ4v) is 2.26. The minimum atomic E-state index is -0.301. The standard InChI is InChI=1S/C15H18N4O3/c1-11-4-2-3-5-12(11)19-10-17-14(18-19)15(20)16-7-6-13-21-8-9-22-13/h2-5,10,13H,6-9H2,1H3,(H,16,20). The Morgan fingerprint density at radius 2 is 2.14 bits per heavy atom. The number of rotatable bonds is 5. The predicted octanol–water partition coefficient (Wildman–Crippen LogP) is 1.07. The lowest BCUT2D eigenvalue weighted by molar-refractivity contribution is -0.0455. The minimum Gasteiger partial charge on any atom is -0.350 e. The highest BCUT2D eigenvalue weighted by atomic mass is 16.7. The Hall–Kier alpha value is -2.25. The first-order chi connectivity index (χ1) is 10.7. The number of aryl methyl sites for hydroxylation is 1. The zero-order valence-corrected chi connectivity index (χ0v) is 12.4. The maximum Gasteiger partial charge on any atom is 0.290 e. The van der Waals surface area contributed by atoms with Crippen LogP contribution in [-0.2, 0) is 9.47 Å². The van der Waals surface area contributed by atoms with E-state index in [1.165, 1.54) is 0 Å². The minimum absolute atomic E-state index is 0.150. The van der Waals surface area contributed by atoms with E-state index in [0.29, 0.717) is 26.2 Å². The summed E-state index contributed by atoms with van der Waals surface area (Å²) in [5.41, 5.74) is 1.97. The van der Waals surface area contributed by atoms with Gasteiger partial charge in [-0.3, -0.25) is 4.79 Å². The Balaban J connectivity index is 1.58. The molecule has 0 spiro atoms. The van der Waals surface area contributed by atoms with Crippen LogP contribution in [0.1, 0.15) is 22.6 Å². The largest absolute Gasteiger partial charge is 0.350 e. The van der Waals surface area contributed by atoms with Gasteiger partial charge < -0.3 is 14.8 Å². The molecular formula is C15H18N4O3. The Bertz CT molecular complexity index is 650. The van der Waals surface area contributed by atoms with Gasteiger partial charge in [-0.1, -0.05) is 18.2 Å². The molecule has 0 saturated carbocycles. The van der Waals surface area contributed by atoms with Gasteiger partial charge in [-0.2, -0.15) is 0 Å². The van der Waals surface area contributed by atoms with Gasteiger partial charge in [0.15, 0.2) is 6.29 Å². The van der Waals surface area contributed by atoms with Gasteiger partial charge in [0.05, 0.1) is 18.9 Å². The van der Waals surface area contributed by atoms with E-state index in [2.05, 4.69) is 15.4 Å². The maximum absolute atomic E-state index is 12.0. The van der Waals surface area contributed by atoms with Crippen molar-refractivity contribution in [3.63, 3.8) is 0 Å². The summed E-state index contributed by atoms with van der Waals surface area (Å²) in [4.78, 5) is 16.1. The molecule has 0 bridgehead atoms. The summed E-state index contributed by atoms with van der Waals surface area (Å²) < 4.78 is 12.2. The third-order valence-corrected chi connectivity index (χ3v) is 3.41. The van der Waals surface area contributed by atoms with Gasteiger partial charge in [0, 0.05) is 13.0 Å². The molecule has 1 aromatic carbocycles. The van der Waals surface area contributed by atoms with Crippen LogP contribution in [0.2, 0.25) is 0 Å². The maximum atomic E-state index is 12.0. The molecule has 0 unspecified atom stereocenters. The van der Waals surface area contributed by atoms with E-state index in [1.807, 2.05) is 31.2 Å². The molecule has 116 valence electrons. The number of nitrogens with zero attached hydrogens (tertiary/aromatic N) is 3. The molecule has 0 radical (unpaired) electrons. The fraction of sp³-hybridized carbons (Fsp3) is 0.400. The van der Waals surface area contributed by atoms with Crippen molar-refractivity contribution >= 4 is 5.91 Å². The number of hydrogen-bond acceptors (Lipinski definition) is 5. The Kier molecular flexibility index (Phi) is 4.45. The van der Waals surface area contributed by atoms with Gasteiger partial charge in [-0.05, 0) is 18.6 Å². The number of carbonyl (C=O) groups excluding carboxylic acids is 1. The fourth-order valence-electron chi connectivity index (χ4n) is 2.26. The third kappa shape index (κ3) is 3.32. The van der Waals surface area contributed by atoms with Crippen molar-refractivity contribution in [2.45, 2.75) is 19.6 Å². The predicted molar refractivity (Wildman–Crippen MR) is 78.7 cm³/mol. The van der Waals surface area contributed by atoms with Crippen LogP contribution in [0.5, 0.6) is 0 Å². The summed E-state index contributed by atoms with van der Waals surface area (Å²) in [6, 6.07) is 7.79. The molecule has 1 amide bonds. The lowest BCUT2D eigenvalue weighted by atomic mass is 10.2. The van der Waals surface area contributed by atoms with E-state index in [1.54, 1.807) is 11.0 Å². The van der Waals surface area contributed by atoms with Crippen molar-refractivity contribution in [3.05, 3.63) is 42.0 Å². The molecule has 7 heteroatoms. The average molecular weight is 302 g/mol. The van der Waals surface area contributed by atoms with Crippen molar-refractivity contribution in [1.29, 1.82) is 0 Å². The first-order valence-electron chi connectivity index (χ1n) is 7.23. The van der Waals surface area contributed by atoms with Crippen LogP contribution < -0.4 is 5.32 Å². The molecule has 22 heavy (non-hydrogen) atoms.